The molecule has 2 aromatic carbocycles. The summed E-state index contributed by atoms with van der Waals surface area (Å²) in [6, 6.07) is 9.26. The van der Waals surface area contributed by atoms with Gasteiger partial charge >= 0.3 is 0 Å². The number of aromatic hydroxyl groups is 1. The van der Waals surface area contributed by atoms with Crippen molar-refractivity contribution in [2.75, 3.05) is 0 Å². The second-order valence-corrected chi connectivity index (χ2v) is 6.90. The summed E-state index contributed by atoms with van der Waals surface area (Å²) in [5, 5.41) is 21.1. The van der Waals surface area contributed by atoms with Gasteiger partial charge in [-0.1, -0.05) is 15.9 Å². The van der Waals surface area contributed by atoms with Crippen LogP contribution in [0.25, 0.3) is 11.4 Å². The van der Waals surface area contributed by atoms with Crippen LogP contribution in [0.5, 0.6) is 5.75 Å². The van der Waals surface area contributed by atoms with Crippen molar-refractivity contribution in [3.8, 4) is 17.1 Å². The third-order valence-corrected chi connectivity index (χ3v) is 4.45. The molecule has 1 heterocycles. The van der Waals surface area contributed by atoms with E-state index >= 15 is 0 Å². The molecule has 0 spiro atoms. The van der Waals surface area contributed by atoms with Gasteiger partial charge in [0, 0.05) is 15.6 Å². The van der Waals surface area contributed by atoms with Gasteiger partial charge < -0.3 is 5.11 Å². The SMILES string of the molecule is Oc1c(Br)cc(Br)cc1/C=N/n1c(-c2ccc(F)cc2)n[nH]c1=S. The van der Waals surface area contributed by atoms with Crippen molar-refractivity contribution in [1.29, 1.82) is 0 Å². The predicted molar refractivity (Wildman–Crippen MR) is 99.3 cm³/mol. The number of nitrogens with one attached hydrogen (secondary N) is 1. The third kappa shape index (κ3) is 3.47. The van der Waals surface area contributed by atoms with Gasteiger partial charge in [0.25, 0.3) is 0 Å². The zero-order chi connectivity index (χ0) is 17.3. The van der Waals surface area contributed by atoms with Gasteiger partial charge in [-0.2, -0.15) is 14.9 Å². The first kappa shape index (κ1) is 17.0. The first-order chi connectivity index (χ1) is 11.5. The Hall–Kier alpha value is -1.84. The second-order valence-electron chi connectivity index (χ2n) is 4.74. The molecular weight excluding hydrogens is 463 g/mol. The highest BCUT2D eigenvalue weighted by atomic mass is 79.9. The Labute approximate surface area is 158 Å². The van der Waals surface area contributed by atoms with Crippen molar-refractivity contribution in [2.45, 2.75) is 0 Å². The van der Waals surface area contributed by atoms with Crippen LogP contribution in [-0.2, 0) is 0 Å². The first-order valence-electron chi connectivity index (χ1n) is 6.61. The van der Waals surface area contributed by atoms with Crippen LogP contribution in [0.3, 0.4) is 0 Å². The molecule has 5 nitrogen and oxygen atoms in total. The molecule has 0 fully saturated rings. The van der Waals surface area contributed by atoms with Crippen LogP contribution < -0.4 is 0 Å². The zero-order valence-electron chi connectivity index (χ0n) is 11.9. The van der Waals surface area contributed by atoms with Crippen molar-refractivity contribution < 1.29 is 9.50 Å². The molecule has 2 N–H and O–H groups in total. The molecule has 1 aromatic heterocycles. The number of halogens is 3. The number of nitrogens with zero attached hydrogens (tertiary/aromatic N) is 3. The Morgan fingerprint density at radius 2 is 1.96 bits per heavy atom. The standard InChI is InChI=1S/C15H9Br2FN4OS/c16-10-5-9(13(23)12(17)6-10)7-19-22-14(20-21-15(22)24)8-1-3-11(18)4-2-8/h1-7,23H,(H,21,24)/b19-7+. The zero-order valence-corrected chi connectivity index (χ0v) is 15.9. The van der Waals surface area contributed by atoms with Crippen molar-refractivity contribution >= 4 is 50.3 Å². The number of rotatable bonds is 3. The molecule has 3 aromatic rings. The molecule has 9 heteroatoms. The summed E-state index contributed by atoms with van der Waals surface area (Å²) in [4.78, 5) is 0. The predicted octanol–water partition coefficient (Wildman–Crippen LogP) is 4.86. The second kappa shape index (κ2) is 6.96. The van der Waals surface area contributed by atoms with Crippen LogP contribution in [0.2, 0.25) is 0 Å². The van der Waals surface area contributed by atoms with Gasteiger partial charge in [0.15, 0.2) is 5.82 Å². The average Bonchev–Trinajstić information content (AvgIpc) is 2.91. The number of hydrogen-bond donors (Lipinski definition) is 2. The van der Waals surface area contributed by atoms with Crippen molar-refractivity contribution in [1.82, 2.24) is 14.9 Å². The highest BCUT2D eigenvalue weighted by Crippen LogP contribution is 2.30. The van der Waals surface area contributed by atoms with Gasteiger partial charge in [0.2, 0.25) is 4.77 Å². The van der Waals surface area contributed by atoms with E-state index in [1.807, 2.05) is 0 Å². The summed E-state index contributed by atoms with van der Waals surface area (Å²) < 4.78 is 16.1. The molecule has 122 valence electrons. The van der Waals surface area contributed by atoms with Crippen LogP contribution in [0.15, 0.2) is 50.4 Å². The van der Waals surface area contributed by atoms with Gasteiger partial charge in [-0.25, -0.2) is 9.49 Å². The van der Waals surface area contributed by atoms with Crippen LogP contribution in [0.1, 0.15) is 5.56 Å². The van der Waals surface area contributed by atoms with E-state index in [1.165, 1.54) is 23.0 Å². The van der Waals surface area contributed by atoms with E-state index in [-0.39, 0.29) is 16.3 Å². The summed E-state index contributed by atoms with van der Waals surface area (Å²) in [7, 11) is 0. The lowest BCUT2D eigenvalue weighted by Gasteiger charge is -2.04. The molecular formula is C15H9Br2FN4OS. The van der Waals surface area contributed by atoms with E-state index in [2.05, 4.69) is 47.2 Å². The smallest absolute Gasteiger partial charge is 0.216 e. The highest BCUT2D eigenvalue weighted by Gasteiger charge is 2.09. The Balaban J connectivity index is 2.04. The maximum Gasteiger partial charge on any atom is 0.216 e. The van der Waals surface area contributed by atoms with Gasteiger partial charge in [-0.05, 0) is 64.5 Å². The number of H-pyrrole nitrogens is 1. The van der Waals surface area contributed by atoms with E-state index < -0.39 is 0 Å². The molecule has 0 aliphatic carbocycles. The van der Waals surface area contributed by atoms with E-state index in [1.54, 1.807) is 24.3 Å². The molecule has 0 radical (unpaired) electrons. The maximum absolute atomic E-state index is 13.1. The monoisotopic (exact) mass is 470 g/mol. The van der Waals surface area contributed by atoms with Gasteiger partial charge in [-0.3, -0.25) is 0 Å². The molecule has 0 saturated heterocycles. The van der Waals surface area contributed by atoms with E-state index in [9.17, 15) is 9.50 Å². The van der Waals surface area contributed by atoms with Crippen molar-refractivity contribution in [3.05, 3.63) is 61.5 Å². The third-order valence-electron chi connectivity index (χ3n) is 3.12. The minimum Gasteiger partial charge on any atom is -0.506 e. The lowest BCUT2D eigenvalue weighted by atomic mass is 10.2. The molecule has 0 bridgehead atoms. The van der Waals surface area contributed by atoms with Crippen LogP contribution in [-0.4, -0.2) is 26.2 Å². The molecule has 3 rings (SSSR count). The normalized spacial score (nSPS) is 11.3. The fraction of sp³-hybridized carbons (Fsp3) is 0. The lowest BCUT2D eigenvalue weighted by Crippen LogP contribution is -1.95. The molecule has 24 heavy (non-hydrogen) atoms. The number of aromatic amines is 1. The van der Waals surface area contributed by atoms with E-state index in [4.69, 9.17) is 12.2 Å². The Morgan fingerprint density at radius 3 is 2.67 bits per heavy atom. The molecule has 0 amide bonds. The fourth-order valence-electron chi connectivity index (χ4n) is 1.99. The summed E-state index contributed by atoms with van der Waals surface area (Å²) in [5.41, 5.74) is 1.14. The number of aromatic nitrogens is 3. The number of phenols is 1. The average molecular weight is 472 g/mol. The number of hydrogen-bond acceptors (Lipinski definition) is 4. The molecule has 0 atom stereocenters. The molecule has 0 aliphatic heterocycles. The fourth-order valence-corrected chi connectivity index (χ4v) is 3.43. The molecule has 0 saturated carbocycles. The molecule has 0 unspecified atom stereocenters. The topological polar surface area (TPSA) is 66.2 Å². The minimum atomic E-state index is -0.341. The number of phenolic OH excluding ortho intramolecular Hbond substituents is 1. The molecule has 0 aliphatic rings. The summed E-state index contributed by atoms with van der Waals surface area (Å²) in [6.07, 6.45) is 1.46. The van der Waals surface area contributed by atoms with Crippen molar-refractivity contribution in [3.63, 3.8) is 0 Å². The summed E-state index contributed by atoms with van der Waals surface area (Å²) >= 11 is 11.8. The maximum atomic E-state index is 13.1. The largest absolute Gasteiger partial charge is 0.506 e. The van der Waals surface area contributed by atoms with Gasteiger partial charge in [-0.15, -0.1) is 0 Å². The summed E-state index contributed by atoms with van der Waals surface area (Å²) in [6.45, 7) is 0. The Kier molecular flexibility index (Phi) is 4.93. The van der Waals surface area contributed by atoms with Crippen LogP contribution in [0, 0.1) is 10.6 Å². The van der Waals surface area contributed by atoms with Crippen LogP contribution >= 0.6 is 44.1 Å². The quantitative estimate of drug-likeness (QED) is 0.423. The first-order valence-corrected chi connectivity index (χ1v) is 8.61. The highest BCUT2D eigenvalue weighted by molar-refractivity contribution is 9.11. The van der Waals surface area contributed by atoms with Gasteiger partial charge in [0.1, 0.15) is 11.6 Å². The van der Waals surface area contributed by atoms with Crippen molar-refractivity contribution in [2.24, 2.45) is 5.10 Å². The lowest BCUT2D eigenvalue weighted by molar-refractivity contribution is 0.471. The van der Waals surface area contributed by atoms with E-state index in [0.29, 0.717) is 21.4 Å². The summed E-state index contributed by atoms with van der Waals surface area (Å²) in [5.74, 6) is 0.150. The number of benzene rings is 2. The van der Waals surface area contributed by atoms with Gasteiger partial charge in [0.05, 0.1) is 10.7 Å². The minimum absolute atomic E-state index is 0.0558. The van der Waals surface area contributed by atoms with E-state index in [0.717, 1.165) is 4.47 Å². The van der Waals surface area contributed by atoms with Crippen LogP contribution in [0.4, 0.5) is 4.39 Å². The Bertz CT molecular complexity index is 982. The Morgan fingerprint density at radius 1 is 1.25 bits per heavy atom.